The van der Waals surface area contributed by atoms with E-state index in [0.717, 1.165) is 10.5 Å². The topological polar surface area (TPSA) is 84.9 Å². The van der Waals surface area contributed by atoms with E-state index >= 15 is 0 Å². The van der Waals surface area contributed by atoms with Crippen LogP contribution in [0.1, 0.15) is 66.5 Å². The van der Waals surface area contributed by atoms with E-state index < -0.39 is 28.9 Å². The first-order valence-electron chi connectivity index (χ1n) is 9.15. The Labute approximate surface area is 167 Å². The molecule has 0 bridgehead atoms. The zero-order chi connectivity index (χ0) is 21.9. The minimum absolute atomic E-state index is 0.460. The van der Waals surface area contributed by atoms with Gasteiger partial charge in [0.15, 0.2) is 0 Å². The van der Waals surface area contributed by atoms with Gasteiger partial charge in [0.1, 0.15) is 11.2 Å². The van der Waals surface area contributed by atoms with Gasteiger partial charge in [0, 0.05) is 5.69 Å². The van der Waals surface area contributed by atoms with Crippen molar-refractivity contribution in [3.63, 3.8) is 0 Å². The van der Waals surface area contributed by atoms with Crippen molar-refractivity contribution in [2.24, 2.45) is 0 Å². The maximum Gasteiger partial charge on any atom is 0.417 e. The number of rotatable bonds is 4. The average Bonchev–Trinajstić information content (AvgIpc) is 2.45. The van der Waals surface area contributed by atoms with Crippen LogP contribution < -0.4 is 5.32 Å². The third-order valence-electron chi connectivity index (χ3n) is 3.84. The molecule has 7 heteroatoms. The number of aryl methyl sites for hydroxylation is 1. The predicted molar refractivity (Wildman–Crippen MR) is 108 cm³/mol. The third kappa shape index (κ3) is 6.55. The number of nitrogens with one attached hydrogen (secondary N) is 1. The summed E-state index contributed by atoms with van der Waals surface area (Å²) in [5.41, 5.74) is -0.308. The van der Waals surface area contributed by atoms with Crippen LogP contribution >= 0.6 is 0 Å². The summed E-state index contributed by atoms with van der Waals surface area (Å²) in [6.07, 6.45) is -0.863. The quantitative estimate of drug-likeness (QED) is 0.731. The molecule has 1 aromatic carbocycles. The van der Waals surface area contributed by atoms with Gasteiger partial charge in [-0.1, -0.05) is 6.07 Å². The number of hydrogen-bond acceptors (Lipinski definition) is 5. The summed E-state index contributed by atoms with van der Waals surface area (Å²) < 4.78 is 10.6. The van der Waals surface area contributed by atoms with Crippen molar-refractivity contribution in [1.29, 1.82) is 0 Å². The van der Waals surface area contributed by atoms with E-state index in [1.807, 2.05) is 13.0 Å². The summed E-state index contributed by atoms with van der Waals surface area (Å²) in [7, 11) is 0. The lowest BCUT2D eigenvalue weighted by molar-refractivity contribution is -0.122. The molecule has 0 radical (unpaired) electrons. The molecular formula is C21H32N2O5. The van der Waals surface area contributed by atoms with Crippen molar-refractivity contribution < 1.29 is 23.9 Å². The van der Waals surface area contributed by atoms with Gasteiger partial charge in [-0.25, -0.2) is 14.5 Å². The number of carbonyl (C=O) groups excluding carboxylic acids is 3. The third-order valence-corrected chi connectivity index (χ3v) is 3.84. The highest BCUT2D eigenvalue weighted by molar-refractivity contribution is 5.85. The van der Waals surface area contributed by atoms with Crippen LogP contribution in [0, 0.1) is 6.92 Å². The fourth-order valence-corrected chi connectivity index (χ4v) is 2.62. The van der Waals surface area contributed by atoms with Gasteiger partial charge in [-0.15, -0.1) is 0 Å². The van der Waals surface area contributed by atoms with E-state index in [1.54, 1.807) is 67.5 Å². The molecule has 0 aliphatic carbocycles. The van der Waals surface area contributed by atoms with E-state index in [9.17, 15) is 14.4 Å². The molecule has 0 aliphatic heterocycles. The minimum atomic E-state index is -1.00. The van der Waals surface area contributed by atoms with Crippen molar-refractivity contribution in [2.75, 3.05) is 5.32 Å². The van der Waals surface area contributed by atoms with E-state index in [2.05, 4.69) is 5.32 Å². The molecule has 0 aromatic heterocycles. The lowest BCUT2D eigenvalue weighted by Gasteiger charge is -2.36. The summed E-state index contributed by atoms with van der Waals surface area (Å²) in [6, 6.07) is 5.26. The number of amides is 3. The second-order valence-corrected chi connectivity index (χ2v) is 9.17. The number of ether oxygens (including phenoxy) is 2. The minimum Gasteiger partial charge on any atom is -0.444 e. The smallest absolute Gasteiger partial charge is 0.417 e. The monoisotopic (exact) mass is 392 g/mol. The largest absolute Gasteiger partial charge is 0.444 e. The Morgan fingerprint density at radius 3 is 1.96 bits per heavy atom. The first kappa shape index (κ1) is 23.5. The average molecular weight is 392 g/mol. The molecule has 0 heterocycles. The molecule has 0 atom stereocenters. The predicted octanol–water partition coefficient (Wildman–Crippen LogP) is 4.97. The second kappa shape index (κ2) is 8.20. The summed E-state index contributed by atoms with van der Waals surface area (Å²) in [6.45, 7) is 15.9. The van der Waals surface area contributed by atoms with Gasteiger partial charge in [-0.3, -0.25) is 10.1 Å². The Morgan fingerprint density at radius 1 is 0.964 bits per heavy atom. The van der Waals surface area contributed by atoms with Crippen LogP contribution in [0.2, 0.25) is 0 Å². The highest BCUT2D eigenvalue weighted by Crippen LogP contribution is 2.32. The van der Waals surface area contributed by atoms with Crippen LogP contribution in [-0.2, 0) is 19.8 Å². The number of anilines is 1. The van der Waals surface area contributed by atoms with E-state index in [1.165, 1.54) is 0 Å². The standard InChI is InChI=1S/C21H32N2O5/c1-14-10-11-15(22-17(25)27-19(2,3)4)12-16(14)21(8,9)23(13-24)18(26)28-20(5,6)7/h10-13H,1-9H3,(H,22,25). The molecule has 28 heavy (non-hydrogen) atoms. The van der Waals surface area contributed by atoms with Crippen molar-refractivity contribution in [1.82, 2.24) is 4.90 Å². The Hall–Kier alpha value is -2.57. The molecule has 1 rings (SSSR count). The maximum absolute atomic E-state index is 12.5. The fraction of sp³-hybridized carbons (Fsp3) is 0.571. The molecule has 0 fully saturated rings. The summed E-state index contributed by atoms with van der Waals surface area (Å²) in [5.74, 6) is 0. The highest BCUT2D eigenvalue weighted by Gasteiger charge is 2.36. The molecule has 1 aromatic rings. The lowest BCUT2D eigenvalue weighted by Crippen LogP contribution is -2.47. The highest BCUT2D eigenvalue weighted by atomic mass is 16.6. The van der Waals surface area contributed by atoms with Gasteiger partial charge in [-0.05, 0) is 85.6 Å². The zero-order valence-corrected chi connectivity index (χ0v) is 18.3. The molecule has 0 spiro atoms. The van der Waals surface area contributed by atoms with Gasteiger partial charge in [0.05, 0.1) is 5.54 Å². The number of imide groups is 1. The fourth-order valence-electron chi connectivity index (χ4n) is 2.62. The Kier molecular flexibility index (Phi) is 6.88. The Balaban J connectivity index is 3.20. The molecular weight excluding hydrogens is 360 g/mol. The molecule has 1 N–H and O–H groups in total. The van der Waals surface area contributed by atoms with Gasteiger partial charge in [0.25, 0.3) is 0 Å². The zero-order valence-electron chi connectivity index (χ0n) is 18.3. The maximum atomic E-state index is 12.5. The van der Waals surface area contributed by atoms with Crippen LogP contribution in [0.3, 0.4) is 0 Å². The molecule has 0 saturated carbocycles. The first-order valence-corrected chi connectivity index (χ1v) is 9.15. The summed E-state index contributed by atoms with van der Waals surface area (Å²) in [4.78, 5) is 37.3. The van der Waals surface area contributed by atoms with Crippen LogP contribution in [0.5, 0.6) is 0 Å². The molecule has 3 amide bonds. The molecule has 7 nitrogen and oxygen atoms in total. The van der Waals surface area contributed by atoms with Crippen LogP contribution in [-0.4, -0.2) is 34.7 Å². The van der Waals surface area contributed by atoms with Crippen molar-refractivity contribution in [2.45, 2.75) is 79.1 Å². The first-order chi connectivity index (χ1) is 12.6. The summed E-state index contributed by atoms with van der Waals surface area (Å²) >= 11 is 0. The van der Waals surface area contributed by atoms with Crippen molar-refractivity contribution in [3.8, 4) is 0 Å². The molecule has 0 unspecified atom stereocenters. The summed E-state index contributed by atoms with van der Waals surface area (Å²) in [5, 5.41) is 2.68. The van der Waals surface area contributed by atoms with Gasteiger partial charge in [-0.2, -0.15) is 0 Å². The van der Waals surface area contributed by atoms with E-state index in [4.69, 9.17) is 9.47 Å². The SMILES string of the molecule is Cc1ccc(NC(=O)OC(C)(C)C)cc1C(C)(C)N(C=O)C(=O)OC(C)(C)C. The van der Waals surface area contributed by atoms with Crippen molar-refractivity contribution >= 4 is 24.3 Å². The van der Waals surface area contributed by atoms with Crippen LogP contribution in [0.25, 0.3) is 0 Å². The van der Waals surface area contributed by atoms with Gasteiger partial charge in [0.2, 0.25) is 6.41 Å². The number of benzene rings is 1. The second-order valence-electron chi connectivity index (χ2n) is 9.17. The number of nitrogens with zero attached hydrogens (tertiary/aromatic N) is 1. The normalized spacial score (nSPS) is 12.2. The lowest BCUT2D eigenvalue weighted by atomic mass is 9.88. The van der Waals surface area contributed by atoms with E-state index in [0.29, 0.717) is 17.7 Å². The number of hydrogen-bond donors (Lipinski definition) is 1. The Morgan fingerprint density at radius 2 is 1.50 bits per heavy atom. The van der Waals surface area contributed by atoms with Gasteiger partial charge >= 0.3 is 12.2 Å². The van der Waals surface area contributed by atoms with Crippen LogP contribution in [0.15, 0.2) is 18.2 Å². The van der Waals surface area contributed by atoms with Crippen molar-refractivity contribution in [3.05, 3.63) is 29.3 Å². The Bertz CT molecular complexity index is 742. The molecule has 0 aliphatic rings. The molecule has 156 valence electrons. The van der Waals surface area contributed by atoms with E-state index in [-0.39, 0.29) is 0 Å². The molecule has 0 saturated heterocycles. The van der Waals surface area contributed by atoms with Crippen LogP contribution in [0.4, 0.5) is 15.3 Å². The number of carbonyl (C=O) groups is 3. The van der Waals surface area contributed by atoms with Gasteiger partial charge < -0.3 is 9.47 Å².